The minimum Gasteiger partial charge on any atom is -0.334 e. The van der Waals surface area contributed by atoms with E-state index in [1.165, 1.54) is 5.56 Å². The van der Waals surface area contributed by atoms with E-state index in [4.69, 9.17) is 0 Å². The van der Waals surface area contributed by atoms with Crippen LogP contribution in [0.5, 0.6) is 0 Å². The van der Waals surface area contributed by atoms with Crippen molar-refractivity contribution in [2.75, 3.05) is 45.8 Å². The van der Waals surface area contributed by atoms with Crippen LogP contribution < -0.4 is 0 Å². The third kappa shape index (κ3) is 4.94. The Balaban J connectivity index is 1.43. The SMILES string of the molecule is CC1CCCN(C(=O)C(=O)N2CCN(C/C=C/c3ccccc3)CC2)C1. The van der Waals surface area contributed by atoms with E-state index < -0.39 is 0 Å². The molecule has 0 bridgehead atoms. The summed E-state index contributed by atoms with van der Waals surface area (Å²) in [5.41, 5.74) is 1.20. The number of hydrogen-bond acceptors (Lipinski definition) is 3. The van der Waals surface area contributed by atoms with Crippen molar-refractivity contribution >= 4 is 17.9 Å². The maximum Gasteiger partial charge on any atom is 0.312 e. The van der Waals surface area contributed by atoms with Crippen LogP contribution in [0.15, 0.2) is 36.4 Å². The highest BCUT2D eigenvalue weighted by Gasteiger charge is 2.31. The third-order valence-corrected chi connectivity index (χ3v) is 5.26. The number of piperazine rings is 1. The Kier molecular flexibility index (Phi) is 6.45. The summed E-state index contributed by atoms with van der Waals surface area (Å²) < 4.78 is 0. The minimum atomic E-state index is -0.321. The number of likely N-dealkylation sites (tertiary alicyclic amines) is 1. The van der Waals surface area contributed by atoms with Gasteiger partial charge >= 0.3 is 11.8 Å². The van der Waals surface area contributed by atoms with Gasteiger partial charge in [0.05, 0.1) is 0 Å². The van der Waals surface area contributed by atoms with E-state index in [0.29, 0.717) is 19.0 Å². The van der Waals surface area contributed by atoms with Gasteiger partial charge in [0.2, 0.25) is 0 Å². The molecule has 5 nitrogen and oxygen atoms in total. The van der Waals surface area contributed by atoms with E-state index in [2.05, 4.69) is 36.1 Å². The maximum absolute atomic E-state index is 12.5. The fraction of sp³-hybridized carbons (Fsp3) is 0.524. The lowest BCUT2D eigenvalue weighted by Gasteiger charge is -2.36. The molecule has 0 spiro atoms. The van der Waals surface area contributed by atoms with Crippen molar-refractivity contribution in [3.63, 3.8) is 0 Å². The second-order valence-corrected chi connectivity index (χ2v) is 7.40. The van der Waals surface area contributed by atoms with Crippen LogP contribution in [-0.4, -0.2) is 72.3 Å². The topological polar surface area (TPSA) is 43.9 Å². The number of rotatable bonds is 3. The second-order valence-electron chi connectivity index (χ2n) is 7.40. The summed E-state index contributed by atoms with van der Waals surface area (Å²) in [5, 5.41) is 0. The van der Waals surface area contributed by atoms with Crippen LogP contribution in [0.4, 0.5) is 0 Å². The first-order valence-corrected chi connectivity index (χ1v) is 9.65. The summed E-state index contributed by atoms with van der Waals surface area (Å²) in [5.74, 6) is -0.138. The lowest BCUT2D eigenvalue weighted by Crippen LogP contribution is -2.54. The number of carbonyl (C=O) groups is 2. The molecule has 2 saturated heterocycles. The van der Waals surface area contributed by atoms with E-state index >= 15 is 0 Å². The molecule has 2 aliphatic heterocycles. The number of hydrogen-bond donors (Lipinski definition) is 0. The molecule has 2 heterocycles. The second kappa shape index (κ2) is 8.99. The Morgan fingerprint density at radius 1 is 1.00 bits per heavy atom. The molecule has 1 unspecified atom stereocenters. The van der Waals surface area contributed by atoms with Crippen molar-refractivity contribution in [3.05, 3.63) is 42.0 Å². The summed E-state index contributed by atoms with van der Waals surface area (Å²) in [7, 11) is 0. The number of carbonyl (C=O) groups excluding carboxylic acids is 2. The Bertz CT molecular complexity index is 636. The predicted molar refractivity (Wildman–Crippen MR) is 103 cm³/mol. The molecule has 0 radical (unpaired) electrons. The van der Waals surface area contributed by atoms with Crippen molar-refractivity contribution in [2.45, 2.75) is 19.8 Å². The molecule has 140 valence electrons. The van der Waals surface area contributed by atoms with Crippen LogP contribution in [-0.2, 0) is 9.59 Å². The van der Waals surface area contributed by atoms with Gasteiger partial charge in [0.15, 0.2) is 0 Å². The van der Waals surface area contributed by atoms with Crippen molar-refractivity contribution in [1.29, 1.82) is 0 Å². The summed E-state index contributed by atoms with van der Waals surface area (Å²) in [6, 6.07) is 10.2. The van der Waals surface area contributed by atoms with Gasteiger partial charge in [-0.25, -0.2) is 0 Å². The zero-order valence-electron chi connectivity index (χ0n) is 15.6. The number of benzene rings is 1. The third-order valence-electron chi connectivity index (χ3n) is 5.26. The fourth-order valence-corrected chi connectivity index (χ4v) is 3.68. The molecule has 1 atom stereocenters. The lowest BCUT2D eigenvalue weighted by molar-refractivity contribution is -0.153. The molecular weight excluding hydrogens is 326 g/mol. The van der Waals surface area contributed by atoms with Gasteiger partial charge in [-0.15, -0.1) is 0 Å². The zero-order valence-corrected chi connectivity index (χ0v) is 15.6. The molecule has 0 saturated carbocycles. The molecule has 1 aromatic rings. The van der Waals surface area contributed by atoms with Crippen molar-refractivity contribution in [1.82, 2.24) is 14.7 Å². The van der Waals surface area contributed by atoms with Gasteiger partial charge in [-0.05, 0) is 24.3 Å². The van der Waals surface area contributed by atoms with Gasteiger partial charge in [0, 0.05) is 45.8 Å². The number of piperidine rings is 1. The summed E-state index contributed by atoms with van der Waals surface area (Å²) in [4.78, 5) is 30.8. The van der Waals surface area contributed by atoms with Crippen LogP contribution in [0.25, 0.3) is 6.08 Å². The maximum atomic E-state index is 12.5. The fourth-order valence-electron chi connectivity index (χ4n) is 3.68. The average molecular weight is 355 g/mol. The summed E-state index contributed by atoms with van der Waals surface area (Å²) in [6.45, 7) is 7.34. The normalized spacial score (nSPS) is 22.0. The van der Waals surface area contributed by atoms with Crippen LogP contribution in [0.1, 0.15) is 25.3 Å². The van der Waals surface area contributed by atoms with E-state index in [1.807, 2.05) is 18.2 Å². The first kappa shape index (κ1) is 18.6. The molecular formula is C21H29N3O2. The quantitative estimate of drug-likeness (QED) is 0.780. The van der Waals surface area contributed by atoms with Crippen LogP contribution >= 0.6 is 0 Å². The molecule has 2 aliphatic rings. The average Bonchev–Trinajstić information content (AvgIpc) is 2.68. The van der Waals surface area contributed by atoms with Crippen molar-refractivity contribution in [3.8, 4) is 0 Å². The molecule has 2 amide bonds. The molecule has 0 aromatic heterocycles. The van der Waals surface area contributed by atoms with Crippen LogP contribution in [0.2, 0.25) is 0 Å². The Hall–Kier alpha value is -2.14. The first-order chi connectivity index (χ1) is 12.6. The molecule has 2 fully saturated rings. The van der Waals surface area contributed by atoms with Gasteiger partial charge in [-0.1, -0.05) is 49.4 Å². The monoisotopic (exact) mass is 355 g/mol. The smallest absolute Gasteiger partial charge is 0.312 e. The van der Waals surface area contributed by atoms with Gasteiger partial charge in [-0.3, -0.25) is 14.5 Å². The first-order valence-electron chi connectivity index (χ1n) is 9.65. The standard InChI is InChI=1S/C21H29N3O2/c1-18-7-5-12-24(17-18)21(26)20(25)23-15-13-22(14-16-23)11-6-10-19-8-3-2-4-9-19/h2-4,6,8-10,18H,5,7,11-17H2,1H3/b10-6+. The number of amides is 2. The Labute approximate surface area is 156 Å². The zero-order chi connectivity index (χ0) is 18.4. The van der Waals surface area contributed by atoms with E-state index in [9.17, 15) is 9.59 Å². The summed E-state index contributed by atoms with van der Waals surface area (Å²) >= 11 is 0. The molecule has 5 heteroatoms. The van der Waals surface area contributed by atoms with E-state index in [1.54, 1.807) is 9.80 Å². The van der Waals surface area contributed by atoms with Crippen molar-refractivity contribution in [2.24, 2.45) is 5.92 Å². The van der Waals surface area contributed by atoms with Crippen LogP contribution in [0.3, 0.4) is 0 Å². The number of nitrogens with zero attached hydrogens (tertiary/aromatic N) is 3. The largest absolute Gasteiger partial charge is 0.334 e. The molecule has 26 heavy (non-hydrogen) atoms. The van der Waals surface area contributed by atoms with Gasteiger partial charge < -0.3 is 9.80 Å². The lowest BCUT2D eigenvalue weighted by atomic mass is 10.0. The highest BCUT2D eigenvalue weighted by molar-refractivity contribution is 6.34. The highest BCUT2D eigenvalue weighted by atomic mass is 16.2. The molecule has 0 N–H and O–H groups in total. The van der Waals surface area contributed by atoms with Crippen LogP contribution in [0, 0.1) is 5.92 Å². The molecule has 3 rings (SSSR count). The Morgan fingerprint density at radius 3 is 2.38 bits per heavy atom. The van der Waals surface area contributed by atoms with Gasteiger partial charge in [-0.2, -0.15) is 0 Å². The van der Waals surface area contributed by atoms with Crippen molar-refractivity contribution < 1.29 is 9.59 Å². The van der Waals surface area contributed by atoms with Gasteiger partial charge in [0.25, 0.3) is 0 Å². The van der Waals surface area contributed by atoms with E-state index in [0.717, 1.165) is 45.6 Å². The van der Waals surface area contributed by atoms with Gasteiger partial charge in [0.1, 0.15) is 0 Å². The molecule has 1 aromatic carbocycles. The molecule has 0 aliphatic carbocycles. The van der Waals surface area contributed by atoms with E-state index in [-0.39, 0.29) is 11.8 Å². The summed E-state index contributed by atoms with van der Waals surface area (Å²) in [6.07, 6.45) is 6.43. The highest BCUT2D eigenvalue weighted by Crippen LogP contribution is 2.16. The Morgan fingerprint density at radius 2 is 1.69 bits per heavy atom. The predicted octanol–water partition coefficient (Wildman–Crippen LogP) is 2.10. The minimum absolute atomic E-state index is 0.311.